The van der Waals surface area contributed by atoms with Crippen LogP contribution in [0.3, 0.4) is 0 Å². The molecule has 0 atom stereocenters. The van der Waals surface area contributed by atoms with Gasteiger partial charge < -0.3 is 19.8 Å². The normalized spacial score (nSPS) is 12.5. The molecule has 0 radical (unpaired) electrons. The first kappa shape index (κ1) is 16.3. The Morgan fingerprint density at radius 3 is 3.00 bits per heavy atom. The van der Waals surface area contributed by atoms with Gasteiger partial charge in [0.25, 0.3) is 0 Å². The Morgan fingerprint density at radius 2 is 2.04 bits per heavy atom. The summed E-state index contributed by atoms with van der Waals surface area (Å²) in [5.41, 5.74) is 3.67. The molecule has 4 rings (SSSR count). The third-order valence-corrected chi connectivity index (χ3v) is 5.53. The predicted octanol–water partition coefficient (Wildman–Crippen LogP) is 4.25. The molecule has 0 spiro atoms. The number of rotatable bonds is 5. The third-order valence-electron chi connectivity index (χ3n) is 4.15. The van der Waals surface area contributed by atoms with Gasteiger partial charge in [0.15, 0.2) is 11.5 Å². The molecule has 0 fully saturated rings. The highest BCUT2D eigenvalue weighted by molar-refractivity contribution is 8.22. The van der Waals surface area contributed by atoms with Crippen molar-refractivity contribution in [2.75, 3.05) is 13.3 Å². The summed E-state index contributed by atoms with van der Waals surface area (Å²) >= 11 is 7.06. The van der Waals surface area contributed by atoms with Crippen LogP contribution in [0.1, 0.15) is 11.1 Å². The van der Waals surface area contributed by atoms with Gasteiger partial charge >= 0.3 is 0 Å². The number of aromatic amines is 1. The van der Waals surface area contributed by atoms with E-state index in [1.165, 1.54) is 22.0 Å². The van der Waals surface area contributed by atoms with E-state index in [1.807, 2.05) is 18.2 Å². The molecule has 128 valence electrons. The van der Waals surface area contributed by atoms with E-state index >= 15 is 0 Å². The summed E-state index contributed by atoms with van der Waals surface area (Å²) < 4.78 is 11.5. The molecule has 0 unspecified atom stereocenters. The number of hydrogen-bond donors (Lipinski definition) is 2. The molecule has 1 aromatic heterocycles. The molecular weight excluding hydrogens is 352 g/mol. The zero-order valence-electron chi connectivity index (χ0n) is 13.6. The third kappa shape index (κ3) is 3.75. The average Bonchev–Trinajstić information content (AvgIpc) is 3.26. The fraction of sp³-hybridized carbons (Fsp3) is 0.211. The van der Waals surface area contributed by atoms with Crippen molar-refractivity contribution < 1.29 is 9.47 Å². The molecule has 2 aromatic carbocycles. The van der Waals surface area contributed by atoms with Crippen LogP contribution in [0.25, 0.3) is 10.9 Å². The summed E-state index contributed by atoms with van der Waals surface area (Å²) in [5, 5.41) is 4.61. The zero-order valence-corrected chi connectivity index (χ0v) is 15.2. The van der Waals surface area contributed by atoms with Gasteiger partial charge in [-0.25, -0.2) is 0 Å². The van der Waals surface area contributed by atoms with Crippen LogP contribution in [-0.4, -0.2) is 22.6 Å². The maximum atomic E-state index is 5.43. The molecule has 6 heteroatoms. The highest BCUT2D eigenvalue weighted by Crippen LogP contribution is 2.33. The molecule has 25 heavy (non-hydrogen) atoms. The second-order valence-electron chi connectivity index (χ2n) is 5.80. The number of benzene rings is 2. The standard InChI is InChI=1S/C19H18N2O2S2/c24-19(25-11-13-5-6-17-18(9-13)23-12-22-17)20-8-7-14-10-21-16-4-2-1-3-15(14)16/h1-6,9-10,21H,7-8,11-12H2,(H,20,24). The lowest BCUT2D eigenvalue weighted by molar-refractivity contribution is 0.174. The molecule has 0 amide bonds. The van der Waals surface area contributed by atoms with Gasteiger partial charge in [-0.1, -0.05) is 48.2 Å². The van der Waals surface area contributed by atoms with Gasteiger partial charge in [-0.05, 0) is 35.7 Å². The maximum Gasteiger partial charge on any atom is 0.231 e. The Labute approximate surface area is 155 Å². The fourth-order valence-corrected chi connectivity index (χ4v) is 3.83. The van der Waals surface area contributed by atoms with Crippen molar-refractivity contribution >= 4 is 39.2 Å². The lowest BCUT2D eigenvalue weighted by Gasteiger charge is -2.08. The largest absolute Gasteiger partial charge is 0.454 e. The minimum Gasteiger partial charge on any atom is -0.454 e. The topological polar surface area (TPSA) is 46.3 Å². The Hall–Kier alpha value is -2.18. The van der Waals surface area contributed by atoms with E-state index in [-0.39, 0.29) is 0 Å². The first-order valence-electron chi connectivity index (χ1n) is 8.14. The monoisotopic (exact) mass is 370 g/mol. The SMILES string of the molecule is S=C(NCCc1c[nH]c2ccccc12)SCc1ccc2c(c1)OCO2. The van der Waals surface area contributed by atoms with E-state index in [1.54, 1.807) is 11.8 Å². The number of para-hydroxylation sites is 1. The lowest BCUT2D eigenvalue weighted by atomic mass is 10.1. The van der Waals surface area contributed by atoms with E-state index in [4.69, 9.17) is 21.7 Å². The van der Waals surface area contributed by atoms with Gasteiger partial charge in [-0.15, -0.1) is 0 Å². The molecule has 0 bridgehead atoms. The molecule has 2 heterocycles. The van der Waals surface area contributed by atoms with Crippen LogP contribution in [0.4, 0.5) is 0 Å². The molecule has 0 aliphatic carbocycles. The summed E-state index contributed by atoms with van der Waals surface area (Å²) in [7, 11) is 0. The van der Waals surface area contributed by atoms with Crippen molar-refractivity contribution in [1.29, 1.82) is 0 Å². The average molecular weight is 370 g/mol. The maximum absolute atomic E-state index is 5.43. The fourth-order valence-electron chi connectivity index (χ4n) is 2.87. The number of thiocarbonyl (C=S) groups is 1. The van der Waals surface area contributed by atoms with Crippen molar-refractivity contribution in [2.24, 2.45) is 0 Å². The van der Waals surface area contributed by atoms with Crippen LogP contribution < -0.4 is 14.8 Å². The van der Waals surface area contributed by atoms with Gasteiger partial charge in [0.2, 0.25) is 6.79 Å². The second-order valence-corrected chi connectivity index (χ2v) is 7.45. The molecule has 4 nitrogen and oxygen atoms in total. The van der Waals surface area contributed by atoms with Gasteiger partial charge in [0.1, 0.15) is 4.32 Å². The molecule has 0 saturated heterocycles. The first-order chi connectivity index (χ1) is 12.3. The molecule has 1 aliphatic heterocycles. The molecule has 1 aliphatic rings. The number of thioether (sulfide) groups is 1. The van der Waals surface area contributed by atoms with Crippen LogP contribution in [0.15, 0.2) is 48.7 Å². The van der Waals surface area contributed by atoms with Crippen LogP contribution >= 0.6 is 24.0 Å². The summed E-state index contributed by atoms with van der Waals surface area (Å²) in [6.45, 7) is 1.13. The van der Waals surface area contributed by atoms with Gasteiger partial charge in [-0.2, -0.15) is 0 Å². The predicted molar refractivity (Wildman–Crippen MR) is 106 cm³/mol. The van der Waals surface area contributed by atoms with Gasteiger partial charge in [0.05, 0.1) is 0 Å². The van der Waals surface area contributed by atoms with Crippen LogP contribution in [0, 0.1) is 0 Å². The molecular formula is C19H18N2O2S2. The van der Waals surface area contributed by atoms with Crippen molar-refractivity contribution in [3.63, 3.8) is 0 Å². The van der Waals surface area contributed by atoms with E-state index < -0.39 is 0 Å². The van der Waals surface area contributed by atoms with Crippen molar-refractivity contribution in [2.45, 2.75) is 12.2 Å². The molecule has 3 aromatic rings. The molecule has 0 saturated carbocycles. The zero-order chi connectivity index (χ0) is 17.1. The second kappa shape index (κ2) is 7.37. The number of hydrogen-bond acceptors (Lipinski definition) is 4. The Balaban J connectivity index is 1.25. The Kier molecular flexibility index (Phi) is 4.81. The number of fused-ring (bicyclic) bond motifs is 2. The first-order valence-corrected chi connectivity index (χ1v) is 9.53. The van der Waals surface area contributed by atoms with E-state index in [0.717, 1.165) is 34.5 Å². The highest BCUT2D eigenvalue weighted by atomic mass is 32.2. The van der Waals surface area contributed by atoms with Crippen molar-refractivity contribution in [3.8, 4) is 11.5 Å². The quantitative estimate of drug-likeness (QED) is 0.658. The van der Waals surface area contributed by atoms with E-state index in [9.17, 15) is 0 Å². The number of aromatic nitrogens is 1. The number of ether oxygens (including phenoxy) is 2. The van der Waals surface area contributed by atoms with Crippen LogP contribution in [0.5, 0.6) is 11.5 Å². The highest BCUT2D eigenvalue weighted by Gasteiger charge is 2.13. The van der Waals surface area contributed by atoms with Crippen molar-refractivity contribution in [3.05, 3.63) is 59.8 Å². The smallest absolute Gasteiger partial charge is 0.231 e. The number of H-pyrrole nitrogens is 1. The van der Waals surface area contributed by atoms with Crippen LogP contribution in [-0.2, 0) is 12.2 Å². The molecule has 2 N–H and O–H groups in total. The minimum absolute atomic E-state index is 0.305. The summed E-state index contributed by atoms with van der Waals surface area (Å²) in [6.07, 6.45) is 3.02. The summed E-state index contributed by atoms with van der Waals surface area (Å²) in [6, 6.07) is 14.4. The van der Waals surface area contributed by atoms with Gasteiger partial charge in [-0.3, -0.25) is 0 Å². The summed E-state index contributed by atoms with van der Waals surface area (Å²) in [4.78, 5) is 3.31. The minimum atomic E-state index is 0.305. The Bertz CT molecular complexity index is 907. The van der Waals surface area contributed by atoms with Gasteiger partial charge in [0, 0.05) is 29.4 Å². The van der Waals surface area contributed by atoms with E-state index in [2.05, 4.69) is 40.8 Å². The lowest BCUT2D eigenvalue weighted by Crippen LogP contribution is -2.21. The summed E-state index contributed by atoms with van der Waals surface area (Å²) in [5.74, 6) is 2.44. The van der Waals surface area contributed by atoms with Crippen LogP contribution in [0.2, 0.25) is 0 Å². The van der Waals surface area contributed by atoms with E-state index in [0.29, 0.717) is 6.79 Å². The Morgan fingerprint density at radius 1 is 1.16 bits per heavy atom. The van der Waals surface area contributed by atoms with Crippen molar-refractivity contribution in [1.82, 2.24) is 10.3 Å². The number of nitrogens with one attached hydrogen (secondary N) is 2.